The van der Waals surface area contributed by atoms with Gasteiger partial charge in [0.15, 0.2) is 0 Å². The standard InChI is InChI=1S/C16H6BF21O2/c18-7(19,5-1-3-6(4-2-5)17(39)40)8(20,21)9(22,23)10(24,25)11(26,27)12(28,29)13(30,31)14(32,33)15(34,35)16(36,37)38/h1-4,39-40H. The first-order valence-corrected chi connectivity index (χ1v) is 9.10. The average molecular weight is 640 g/mol. The third-order valence-electron chi connectivity index (χ3n) is 5.08. The van der Waals surface area contributed by atoms with Gasteiger partial charge >= 0.3 is 66.6 Å². The topological polar surface area (TPSA) is 40.5 Å². The third-order valence-corrected chi connectivity index (χ3v) is 5.08. The molecule has 0 bridgehead atoms. The summed E-state index contributed by atoms with van der Waals surface area (Å²) in [4.78, 5) is 0. The van der Waals surface area contributed by atoms with Crippen molar-refractivity contribution in [1.29, 1.82) is 0 Å². The number of halogens is 21. The van der Waals surface area contributed by atoms with Crippen molar-refractivity contribution in [3.8, 4) is 0 Å². The maximum absolute atomic E-state index is 14.1. The molecule has 0 fully saturated rings. The Labute approximate surface area is 205 Å². The molecule has 1 aromatic carbocycles. The number of hydrogen-bond acceptors (Lipinski definition) is 2. The van der Waals surface area contributed by atoms with Crippen LogP contribution in [0.4, 0.5) is 92.2 Å². The molecule has 0 aliphatic rings. The fourth-order valence-corrected chi connectivity index (χ4v) is 2.60. The van der Waals surface area contributed by atoms with Crippen LogP contribution in [0.3, 0.4) is 0 Å². The summed E-state index contributed by atoms with van der Waals surface area (Å²) < 4.78 is 281. The average Bonchev–Trinajstić information content (AvgIpc) is 2.77. The lowest BCUT2D eigenvalue weighted by Crippen LogP contribution is -2.76. The second kappa shape index (κ2) is 9.38. The van der Waals surface area contributed by atoms with Gasteiger partial charge in [0.1, 0.15) is 0 Å². The molecule has 2 N–H and O–H groups in total. The highest BCUT2D eigenvalue weighted by Crippen LogP contribution is 2.66. The summed E-state index contributed by atoms with van der Waals surface area (Å²) in [7, 11) is -2.58. The minimum absolute atomic E-state index is 0.00745. The van der Waals surface area contributed by atoms with Gasteiger partial charge in [0, 0.05) is 5.56 Å². The zero-order valence-corrected chi connectivity index (χ0v) is 17.7. The first-order valence-electron chi connectivity index (χ1n) is 9.10. The smallest absolute Gasteiger partial charge is 0.423 e. The molecule has 0 aliphatic heterocycles. The summed E-state index contributed by atoms with van der Waals surface area (Å²) >= 11 is 0. The van der Waals surface area contributed by atoms with Crippen LogP contribution in [0, 0.1) is 0 Å². The van der Waals surface area contributed by atoms with Crippen molar-refractivity contribution >= 4 is 12.6 Å². The fourth-order valence-electron chi connectivity index (χ4n) is 2.60. The van der Waals surface area contributed by atoms with Gasteiger partial charge in [-0.15, -0.1) is 0 Å². The summed E-state index contributed by atoms with van der Waals surface area (Å²) in [6.45, 7) is 0. The highest BCUT2D eigenvalue weighted by molar-refractivity contribution is 6.58. The predicted molar refractivity (Wildman–Crippen MR) is 85.8 cm³/mol. The molecule has 0 amide bonds. The number of rotatable bonds is 10. The van der Waals surface area contributed by atoms with Crippen LogP contribution < -0.4 is 5.46 Å². The third kappa shape index (κ3) is 4.42. The van der Waals surface area contributed by atoms with Crippen LogP contribution in [0.25, 0.3) is 0 Å². The van der Waals surface area contributed by atoms with Crippen LogP contribution in [0.15, 0.2) is 24.3 Å². The highest BCUT2D eigenvalue weighted by Gasteiger charge is 2.97. The molecule has 2 nitrogen and oxygen atoms in total. The number of benzene rings is 1. The molecule has 0 heterocycles. The van der Waals surface area contributed by atoms with Crippen molar-refractivity contribution in [2.45, 2.75) is 59.5 Å². The minimum atomic E-state index is -9.23. The summed E-state index contributed by atoms with van der Waals surface area (Å²) in [5, 5.41) is 17.4. The van der Waals surface area contributed by atoms with E-state index in [9.17, 15) is 92.2 Å². The van der Waals surface area contributed by atoms with Crippen LogP contribution >= 0.6 is 0 Å². The molecule has 0 atom stereocenters. The summed E-state index contributed by atoms with van der Waals surface area (Å²) in [6, 6.07) is -0.964. The van der Waals surface area contributed by atoms with Crippen molar-refractivity contribution in [2.24, 2.45) is 0 Å². The van der Waals surface area contributed by atoms with Gasteiger partial charge in [-0.25, -0.2) is 0 Å². The normalized spacial score (nSPS) is 15.9. The summed E-state index contributed by atoms with van der Waals surface area (Å²) in [6.07, 6.45) is -8.03. The SMILES string of the molecule is OB(O)c1ccc(C(F)(F)C(F)(F)C(F)(F)C(F)(F)C(F)(F)C(F)(F)C(F)(F)C(F)(F)C(F)(F)C(F)(F)F)cc1. The Balaban J connectivity index is 3.80. The molecule has 0 radical (unpaired) electrons. The molecule has 0 aromatic heterocycles. The van der Waals surface area contributed by atoms with Gasteiger partial charge in [0.05, 0.1) is 0 Å². The minimum Gasteiger partial charge on any atom is -0.423 e. The van der Waals surface area contributed by atoms with E-state index in [1.165, 1.54) is 0 Å². The molecule has 24 heteroatoms. The second-order valence-corrected chi connectivity index (χ2v) is 7.66. The Kier molecular flexibility index (Phi) is 8.38. The molecule has 40 heavy (non-hydrogen) atoms. The lowest BCUT2D eigenvalue weighted by atomic mass is 9.79. The van der Waals surface area contributed by atoms with E-state index in [0.29, 0.717) is 0 Å². The lowest BCUT2D eigenvalue weighted by Gasteiger charge is -2.44. The van der Waals surface area contributed by atoms with E-state index in [2.05, 4.69) is 0 Å². The van der Waals surface area contributed by atoms with Gasteiger partial charge in [-0.1, -0.05) is 24.3 Å². The van der Waals surface area contributed by atoms with E-state index in [1.807, 2.05) is 0 Å². The van der Waals surface area contributed by atoms with Gasteiger partial charge < -0.3 is 10.0 Å². The summed E-state index contributed by atoms with van der Waals surface area (Å²) in [5.41, 5.74) is -3.50. The van der Waals surface area contributed by atoms with Gasteiger partial charge in [-0.2, -0.15) is 92.2 Å². The Morgan fingerprint density at radius 2 is 0.625 bits per heavy atom. The van der Waals surface area contributed by atoms with Crippen molar-refractivity contribution in [3.05, 3.63) is 29.8 Å². The molecule has 0 aliphatic carbocycles. The van der Waals surface area contributed by atoms with Crippen LogP contribution in [0.2, 0.25) is 0 Å². The van der Waals surface area contributed by atoms with Gasteiger partial charge in [-0.05, 0) is 5.46 Å². The van der Waals surface area contributed by atoms with E-state index in [4.69, 9.17) is 10.0 Å². The van der Waals surface area contributed by atoms with Crippen molar-refractivity contribution in [1.82, 2.24) is 0 Å². The molecule has 232 valence electrons. The monoisotopic (exact) mass is 640 g/mol. The Morgan fingerprint density at radius 1 is 0.375 bits per heavy atom. The van der Waals surface area contributed by atoms with Crippen molar-refractivity contribution in [2.75, 3.05) is 0 Å². The van der Waals surface area contributed by atoms with Crippen LogP contribution in [-0.4, -0.2) is 70.7 Å². The zero-order valence-electron chi connectivity index (χ0n) is 17.7. The Morgan fingerprint density at radius 3 is 0.875 bits per heavy atom. The molecule has 1 aromatic rings. The molecule has 1 rings (SSSR count). The van der Waals surface area contributed by atoms with Crippen LogP contribution in [0.1, 0.15) is 5.56 Å². The highest BCUT2D eigenvalue weighted by atomic mass is 19.4. The second-order valence-electron chi connectivity index (χ2n) is 7.66. The van der Waals surface area contributed by atoms with Gasteiger partial charge in [-0.3, -0.25) is 0 Å². The fraction of sp³-hybridized carbons (Fsp3) is 0.625. The molecule has 0 unspecified atom stereocenters. The Hall–Kier alpha value is -2.27. The maximum Gasteiger partial charge on any atom is 0.488 e. The zero-order chi connectivity index (χ0) is 32.6. The lowest BCUT2D eigenvalue weighted by molar-refractivity contribution is -0.474. The maximum atomic E-state index is 14.1. The number of alkyl halides is 21. The van der Waals surface area contributed by atoms with Gasteiger partial charge in [0.25, 0.3) is 0 Å². The van der Waals surface area contributed by atoms with Crippen LogP contribution in [-0.2, 0) is 5.92 Å². The Bertz CT molecular complexity index is 1060. The molecular formula is C16H6BF21O2. The molecule has 0 spiro atoms. The van der Waals surface area contributed by atoms with Crippen molar-refractivity contribution < 1.29 is 102 Å². The van der Waals surface area contributed by atoms with Gasteiger partial charge in [0.2, 0.25) is 0 Å². The molecule has 0 saturated heterocycles. The first-order chi connectivity index (χ1) is 17.2. The van der Waals surface area contributed by atoms with E-state index < -0.39 is 89.8 Å². The van der Waals surface area contributed by atoms with E-state index in [-0.39, 0.29) is 12.1 Å². The largest absolute Gasteiger partial charge is 0.488 e. The first kappa shape index (κ1) is 35.8. The van der Waals surface area contributed by atoms with E-state index in [1.54, 1.807) is 0 Å². The van der Waals surface area contributed by atoms with E-state index in [0.717, 1.165) is 0 Å². The summed E-state index contributed by atoms with van der Waals surface area (Å²) in [5.74, 6) is -77.7. The molecular weight excluding hydrogens is 634 g/mol. The number of hydrogen-bond donors (Lipinski definition) is 2. The molecule has 0 saturated carbocycles. The van der Waals surface area contributed by atoms with Crippen molar-refractivity contribution in [3.63, 3.8) is 0 Å². The quantitative estimate of drug-likeness (QED) is 0.240. The van der Waals surface area contributed by atoms with Crippen LogP contribution in [0.5, 0.6) is 0 Å². The predicted octanol–water partition coefficient (Wildman–Crippen LogP) is 6.10. The van der Waals surface area contributed by atoms with E-state index >= 15 is 0 Å².